The van der Waals surface area contributed by atoms with E-state index >= 15 is 0 Å². The minimum atomic E-state index is -3.45. The van der Waals surface area contributed by atoms with Gasteiger partial charge in [0.2, 0.25) is 10.0 Å². The fourth-order valence-corrected chi connectivity index (χ4v) is 2.96. The maximum absolute atomic E-state index is 12.0. The quantitative estimate of drug-likeness (QED) is 0.871. The number of benzene rings is 1. The van der Waals surface area contributed by atoms with Crippen molar-refractivity contribution >= 4 is 10.0 Å². The van der Waals surface area contributed by atoms with Gasteiger partial charge in [-0.25, -0.2) is 13.1 Å². The summed E-state index contributed by atoms with van der Waals surface area (Å²) >= 11 is 0. The van der Waals surface area contributed by atoms with Crippen molar-refractivity contribution in [2.75, 3.05) is 13.1 Å². The maximum Gasteiger partial charge on any atom is 0.240 e. The summed E-state index contributed by atoms with van der Waals surface area (Å²) < 4.78 is 26.5. The lowest BCUT2D eigenvalue weighted by Crippen LogP contribution is -2.29. The maximum atomic E-state index is 12.0. The molecule has 0 aliphatic rings. The van der Waals surface area contributed by atoms with Crippen LogP contribution in [0.15, 0.2) is 23.1 Å². The molecule has 4 nitrogen and oxygen atoms in total. The molecular weight excluding hydrogens is 248 g/mol. The van der Waals surface area contributed by atoms with Gasteiger partial charge in [-0.3, -0.25) is 0 Å². The van der Waals surface area contributed by atoms with Crippen molar-refractivity contribution in [2.45, 2.75) is 38.0 Å². The van der Waals surface area contributed by atoms with E-state index in [1.807, 2.05) is 19.1 Å². The summed E-state index contributed by atoms with van der Waals surface area (Å²) in [7, 11) is -3.45. The average molecular weight is 270 g/mol. The van der Waals surface area contributed by atoms with Crippen LogP contribution in [0.2, 0.25) is 0 Å². The van der Waals surface area contributed by atoms with Gasteiger partial charge < -0.3 is 5.73 Å². The van der Waals surface area contributed by atoms with E-state index in [0.29, 0.717) is 11.4 Å². The highest BCUT2D eigenvalue weighted by Gasteiger charge is 2.19. The molecule has 1 rings (SSSR count). The van der Waals surface area contributed by atoms with Crippen molar-refractivity contribution in [3.63, 3.8) is 0 Å². The van der Waals surface area contributed by atoms with Gasteiger partial charge in [0.05, 0.1) is 4.90 Å². The van der Waals surface area contributed by atoms with Crippen LogP contribution < -0.4 is 10.5 Å². The molecule has 0 aliphatic carbocycles. The Morgan fingerprint density at radius 3 is 2.33 bits per heavy atom. The number of aryl methyl sites for hydroxylation is 1. The van der Waals surface area contributed by atoms with Crippen LogP contribution in [-0.4, -0.2) is 21.5 Å². The first-order chi connectivity index (χ1) is 8.18. The summed E-state index contributed by atoms with van der Waals surface area (Å²) in [6, 6.07) is 5.45. The molecule has 102 valence electrons. The first-order valence-corrected chi connectivity index (χ1v) is 7.47. The van der Waals surface area contributed by atoms with E-state index in [-0.39, 0.29) is 12.0 Å². The van der Waals surface area contributed by atoms with Crippen molar-refractivity contribution in [3.05, 3.63) is 29.3 Å². The second-order valence-electron chi connectivity index (χ2n) is 5.42. The smallest absolute Gasteiger partial charge is 0.240 e. The first kappa shape index (κ1) is 15.1. The first-order valence-electron chi connectivity index (χ1n) is 5.99. The molecule has 0 saturated heterocycles. The molecular formula is C13H22N2O2S. The predicted molar refractivity (Wildman–Crippen MR) is 74.1 cm³/mol. The van der Waals surface area contributed by atoms with E-state index in [4.69, 9.17) is 5.73 Å². The zero-order valence-electron chi connectivity index (χ0n) is 11.4. The summed E-state index contributed by atoms with van der Waals surface area (Å²) in [4.78, 5) is 0.323. The zero-order chi connectivity index (χ0) is 14.0. The van der Waals surface area contributed by atoms with E-state index in [1.54, 1.807) is 6.07 Å². The Morgan fingerprint density at radius 1 is 1.28 bits per heavy atom. The van der Waals surface area contributed by atoms with E-state index < -0.39 is 10.0 Å². The monoisotopic (exact) mass is 270 g/mol. The van der Waals surface area contributed by atoms with Gasteiger partial charge in [0.1, 0.15) is 0 Å². The van der Waals surface area contributed by atoms with Crippen molar-refractivity contribution < 1.29 is 8.42 Å². The number of hydrogen-bond donors (Lipinski definition) is 2. The molecule has 0 amide bonds. The van der Waals surface area contributed by atoms with Crippen LogP contribution >= 0.6 is 0 Å². The Balaban J connectivity index is 3.14. The molecule has 0 aromatic heterocycles. The number of sulfonamides is 1. The van der Waals surface area contributed by atoms with Crippen LogP contribution in [0.1, 0.15) is 31.9 Å². The normalized spacial score (nSPS) is 12.7. The van der Waals surface area contributed by atoms with Crippen molar-refractivity contribution in [3.8, 4) is 0 Å². The summed E-state index contributed by atoms with van der Waals surface area (Å²) in [5.41, 5.74) is 7.20. The second kappa shape index (κ2) is 5.38. The largest absolute Gasteiger partial charge is 0.329 e. The van der Waals surface area contributed by atoms with E-state index in [2.05, 4.69) is 25.5 Å². The molecule has 0 atom stereocenters. The molecule has 1 aromatic carbocycles. The lowest BCUT2D eigenvalue weighted by atomic mass is 9.86. The lowest BCUT2D eigenvalue weighted by Gasteiger charge is -2.20. The van der Waals surface area contributed by atoms with Crippen LogP contribution in [0.4, 0.5) is 0 Å². The average Bonchev–Trinajstić information content (AvgIpc) is 2.24. The van der Waals surface area contributed by atoms with Crippen LogP contribution in [-0.2, 0) is 15.4 Å². The van der Waals surface area contributed by atoms with Gasteiger partial charge in [-0.15, -0.1) is 0 Å². The van der Waals surface area contributed by atoms with Crippen LogP contribution in [0.25, 0.3) is 0 Å². The molecule has 0 fully saturated rings. The van der Waals surface area contributed by atoms with E-state index in [9.17, 15) is 8.42 Å². The standard InChI is InChI=1S/C13H22N2O2S/c1-10-9-11(13(2,3)4)5-6-12(10)18(16,17)15-8-7-14/h5-6,9,15H,7-8,14H2,1-4H3. The molecule has 1 aromatic rings. The fraction of sp³-hybridized carbons (Fsp3) is 0.538. The molecule has 0 bridgehead atoms. The third kappa shape index (κ3) is 3.54. The van der Waals surface area contributed by atoms with Gasteiger partial charge in [-0.1, -0.05) is 32.9 Å². The molecule has 0 heterocycles. The highest BCUT2D eigenvalue weighted by molar-refractivity contribution is 7.89. The number of rotatable bonds is 4. The topological polar surface area (TPSA) is 72.2 Å². The van der Waals surface area contributed by atoms with Crippen LogP contribution in [0.5, 0.6) is 0 Å². The van der Waals surface area contributed by atoms with Crippen molar-refractivity contribution in [2.24, 2.45) is 5.73 Å². The van der Waals surface area contributed by atoms with Crippen LogP contribution in [0.3, 0.4) is 0 Å². The van der Waals surface area contributed by atoms with Gasteiger partial charge in [0, 0.05) is 13.1 Å². The predicted octanol–water partition coefficient (Wildman–Crippen LogP) is 1.53. The Bertz CT molecular complexity index is 516. The molecule has 5 heteroatoms. The highest BCUT2D eigenvalue weighted by Crippen LogP contribution is 2.25. The summed E-state index contributed by atoms with van der Waals surface area (Å²) in [5, 5.41) is 0. The minimum absolute atomic E-state index is 0.0116. The van der Waals surface area contributed by atoms with Crippen LogP contribution in [0, 0.1) is 6.92 Å². The second-order valence-corrected chi connectivity index (χ2v) is 7.15. The summed E-state index contributed by atoms with van der Waals surface area (Å²) in [6.07, 6.45) is 0. The van der Waals surface area contributed by atoms with Crippen molar-refractivity contribution in [1.82, 2.24) is 4.72 Å². The number of nitrogens with one attached hydrogen (secondary N) is 1. The molecule has 0 radical (unpaired) electrons. The minimum Gasteiger partial charge on any atom is -0.329 e. The fourth-order valence-electron chi connectivity index (χ4n) is 1.69. The zero-order valence-corrected chi connectivity index (χ0v) is 12.3. The molecule has 3 N–H and O–H groups in total. The molecule has 18 heavy (non-hydrogen) atoms. The van der Waals surface area contributed by atoms with Gasteiger partial charge >= 0.3 is 0 Å². The van der Waals surface area contributed by atoms with Gasteiger partial charge in [-0.05, 0) is 29.5 Å². The number of nitrogens with two attached hydrogens (primary N) is 1. The Kier molecular flexibility index (Phi) is 4.53. The molecule has 0 aliphatic heterocycles. The lowest BCUT2D eigenvalue weighted by molar-refractivity contribution is 0.577. The van der Waals surface area contributed by atoms with E-state index in [1.165, 1.54) is 0 Å². The Morgan fingerprint density at radius 2 is 1.89 bits per heavy atom. The van der Waals surface area contributed by atoms with E-state index in [0.717, 1.165) is 11.1 Å². The molecule has 0 spiro atoms. The van der Waals surface area contributed by atoms with Gasteiger partial charge in [0.25, 0.3) is 0 Å². The summed E-state index contributed by atoms with van der Waals surface area (Å²) in [6.45, 7) is 8.65. The Hall–Kier alpha value is -0.910. The third-order valence-corrected chi connectivity index (χ3v) is 4.39. The number of hydrogen-bond acceptors (Lipinski definition) is 3. The third-order valence-electron chi connectivity index (χ3n) is 2.77. The van der Waals surface area contributed by atoms with Gasteiger partial charge in [-0.2, -0.15) is 0 Å². The van der Waals surface area contributed by atoms with Crippen molar-refractivity contribution in [1.29, 1.82) is 0 Å². The molecule has 0 unspecified atom stereocenters. The SMILES string of the molecule is Cc1cc(C(C)(C)C)ccc1S(=O)(=O)NCCN. The molecule has 0 saturated carbocycles. The summed E-state index contributed by atoms with van der Waals surface area (Å²) in [5.74, 6) is 0. The Labute approximate surface area is 110 Å². The van der Waals surface area contributed by atoms with Gasteiger partial charge in [0.15, 0.2) is 0 Å². The highest BCUT2D eigenvalue weighted by atomic mass is 32.2.